The Morgan fingerprint density at radius 3 is 2.35 bits per heavy atom. The number of allylic oxidation sites excluding steroid dienone is 1. The van der Waals surface area contributed by atoms with Gasteiger partial charge in [-0.25, -0.2) is 0 Å². The first-order chi connectivity index (χ1) is 8.93. The zero-order chi connectivity index (χ0) is 15.8. The third-order valence-electron chi connectivity index (χ3n) is 4.95. The summed E-state index contributed by atoms with van der Waals surface area (Å²) >= 11 is 0. The summed E-state index contributed by atoms with van der Waals surface area (Å²) in [6, 6.07) is 0.119. The molecule has 0 saturated carbocycles. The highest BCUT2D eigenvalue weighted by atomic mass is 28.4. The molecule has 0 unspecified atom stereocenters. The molecular formula is C16H31NO2Si. The molecule has 1 aliphatic carbocycles. The predicted molar refractivity (Wildman–Crippen MR) is 87.2 cm³/mol. The molecule has 0 fully saturated rings. The number of hydrogen-bond acceptors (Lipinski definition) is 3. The molecule has 20 heavy (non-hydrogen) atoms. The Kier molecular flexibility index (Phi) is 4.92. The van der Waals surface area contributed by atoms with Crippen LogP contribution in [0.2, 0.25) is 18.1 Å². The minimum Gasteiger partial charge on any atom is -0.547 e. The van der Waals surface area contributed by atoms with Crippen molar-refractivity contribution in [2.45, 2.75) is 64.7 Å². The summed E-state index contributed by atoms with van der Waals surface area (Å²) in [4.78, 5) is 13.6. The van der Waals surface area contributed by atoms with Crippen molar-refractivity contribution in [3.8, 4) is 0 Å². The van der Waals surface area contributed by atoms with Crippen LogP contribution in [0.15, 0.2) is 11.8 Å². The lowest BCUT2D eigenvalue weighted by atomic mass is 9.75. The van der Waals surface area contributed by atoms with Crippen molar-refractivity contribution < 1.29 is 9.22 Å². The molecule has 0 amide bonds. The van der Waals surface area contributed by atoms with Crippen LogP contribution < -0.4 is 0 Å². The highest BCUT2D eigenvalue weighted by Crippen LogP contribution is 2.42. The topological polar surface area (TPSA) is 29.5 Å². The quantitative estimate of drug-likeness (QED) is 0.583. The Morgan fingerprint density at radius 2 is 1.95 bits per heavy atom. The second-order valence-electron chi connectivity index (χ2n) is 8.03. The molecule has 0 heterocycles. The van der Waals surface area contributed by atoms with Crippen LogP contribution in [0.3, 0.4) is 0 Å². The molecule has 116 valence electrons. The van der Waals surface area contributed by atoms with Crippen LogP contribution >= 0.6 is 0 Å². The molecule has 0 aromatic carbocycles. The normalized spacial score (nSPS) is 28.2. The molecule has 0 spiro atoms. The average molecular weight is 298 g/mol. The van der Waals surface area contributed by atoms with Crippen LogP contribution in [0.25, 0.3) is 0 Å². The molecule has 0 aromatic rings. The molecule has 0 saturated heterocycles. The number of carbonyl (C=O) groups excluding carboxylic acids is 1. The van der Waals surface area contributed by atoms with Gasteiger partial charge in [0, 0.05) is 17.9 Å². The van der Waals surface area contributed by atoms with Crippen molar-refractivity contribution >= 4 is 14.6 Å². The maximum Gasteiger partial charge on any atom is 0.250 e. The van der Waals surface area contributed by atoms with E-state index in [-0.39, 0.29) is 16.5 Å². The average Bonchev–Trinajstić information content (AvgIpc) is 2.29. The Labute approximate surface area is 125 Å². The number of rotatable bonds is 4. The van der Waals surface area contributed by atoms with Gasteiger partial charge in [0.25, 0.3) is 0 Å². The van der Waals surface area contributed by atoms with Crippen molar-refractivity contribution in [3.05, 3.63) is 11.8 Å². The number of likely N-dealkylation sites (N-methyl/N-ethyl adjacent to an activating group) is 1. The molecule has 0 N–H and O–H groups in total. The fraction of sp³-hybridized carbons (Fsp3) is 0.812. The summed E-state index contributed by atoms with van der Waals surface area (Å²) in [5.41, 5.74) is -0.302. The van der Waals surface area contributed by atoms with Gasteiger partial charge in [0.2, 0.25) is 8.32 Å². The number of nitrogens with zero attached hydrogens (tertiary/aromatic N) is 1. The van der Waals surface area contributed by atoms with E-state index >= 15 is 0 Å². The minimum absolute atomic E-state index is 0.119. The number of aldehydes is 1. The van der Waals surface area contributed by atoms with E-state index in [9.17, 15) is 4.79 Å². The lowest BCUT2D eigenvalue weighted by molar-refractivity contribution is -0.118. The molecular weight excluding hydrogens is 266 g/mol. The van der Waals surface area contributed by atoms with Gasteiger partial charge in [0.05, 0.1) is 5.76 Å². The molecule has 0 radical (unpaired) electrons. The van der Waals surface area contributed by atoms with Gasteiger partial charge in [-0.15, -0.1) is 0 Å². The van der Waals surface area contributed by atoms with Crippen molar-refractivity contribution in [2.75, 3.05) is 14.1 Å². The largest absolute Gasteiger partial charge is 0.547 e. The second-order valence-corrected chi connectivity index (χ2v) is 12.8. The zero-order valence-electron chi connectivity index (χ0n) is 14.4. The van der Waals surface area contributed by atoms with Gasteiger partial charge in [-0.3, -0.25) is 0 Å². The van der Waals surface area contributed by atoms with Gasteiger partial charge in [-0.05, 0) is 44.7 Å². The van der Waals surface area contributed by atoms with Gasteiger partial charge in [0.1, 0.15) is 6.29 Å². The predicted octanol–water partition coefficient (Wildman–Crippen LogP) is 3.82. The molecule has 4 heteroatoms. The maximum atomic E-state index is 11.5. The van der Waals surface area contributed by atoms with E-state index < -0.39 is 8.32 Å². The van der Waals surface area contributed by atoms with Crippen LogP contribution in [0.1, 0.15) is 40.5 Å². The Bertz CT molecular complexity index is 396. The molecule has 0 bridgehead atoms. The maximum absolute atomic E-state index is 11.5. The first-order valence-corrected chi connectivity index (χ1v) is 10.4. The van der Waals surface area contributed by atoms with Gasteiger partial charge in [-0.2, -0.15) is 0 Å². The van der Waals surface area contributed by atoms with Gasteiger partial charge < -0.3 is 14.1 Å². The Balaban J connectivity index is 2.99. The van der Waals surface area contributed by atoms with E-state index in [1.807, 2.05) is 21.0 Å². The zero-order valence-corrected chi connectivity index (χ0v) is 15.4. The van der Waals surface area contributed by atoms with Gasteiger partial charge >= 0.3 is 0 Å². The molecule has 3 nitrogen and oxygen atoms in total. The summed E-state index contributed by atoms with van der Waals surface area (Å²) in [5, 5.41) is 0.201. The summed E-state index contributed by atoms with van der Waals surface area (Å²) in [6.45, 7) is 13.3. The van der Waals surface area contributed by atoms with E-state index in [1.54, 1.807) is 0 Å². The van der Waals surface area contributed by atoms with E-state index in [4.69, 9.17) is 4.43 Å². The minimum atomic E-state index is -1.79. The first kappa shape index (κ1) is 17.4. The molecule has 1 rings (SSSR count). The van der Waals surface area contributed by atoms with E-state index in [0.29, 0.717) is 0 Å². The summed E-state index contributed by atoms with van der Waals surface area (Å²) in [7, 11) is 2.26. The van der Waals surface area contributed by atoms with Crippen LogP contribution in [0.4, 0.5) is 0 Å². The van der Waals surface area contributed by atoms with Crippen LogP contribution in [0, 0.1) is 5.41 Å². The van der Waals surface area contributed by atoms with Crippen LogP contribution in [-0.2, 0) is 9.22 Å². The van der Waals surface area contributed by atoms with Gasteiger partial charge in [0.15, 0.2) is 0 Å². The van der Waals surface area contributed by atoms with E-state index in [0.717, 1.165) is 24.9 Å². The second kappa shape index (κ2) is 5.64. The van der Waals surface area contributed by atoms with Crippen molar-refractivity contribution in [3.63, 3.8) is 0 Å². The first-order valence-electron chi connectivity index (χ1n) is 7.45. The fourth-order valence-corrected chi connectivity index (χ4v) is 3.56. The Morgan fingerprint density at radius 1 is 1.40 bits per heavy atom. The fourth-order valence-electron chi connectivity index (χ4n) is 2.42. The van der Waals surface area contributed by atoms with Gasteiger partial charge in [-0.1, -0.05) is 27.7 Å². The number of hydrogen-bond donors (Lipinski definition) is 0. The monoisotopic (exact) mass is 297 g/mol. The lowest BCUT2D eigenvalue weighted by Gasteiger charge is -2.43. The molecule has 0 aliphatic heterocycles. The van der Waals surface area contributed by atoms with Crippen LogP contribution in [-0.4, -0.2) is 39.6 Å². The summed E-state index contributed by atoms with van der Waals surface area (Å²) in [6.07, 6.45) is 5.00. The van der Waals surface area contributed by atoms with Crippen molar-refractivity contribution in [1.82, 2.24) is 4.90 Å². The van der Waals surface area contributed by atoms with Crippen molar-refractivity contribution in [2.24, 2.45) is 5.41 Å². The van der Waals surface area contributed by atoms with Crippen LogP contribution in [0.5, 0.6) is 0 Å². The highest BCUT2D eigenvalue weighted by molar-refractivity contribution is 6.74. The molecule has 2 atom stereocenters. The van der Waals surface area contributed by atoms with E-state index in [1.165, 1.54) is 0 Å². The Hall–Kier alpha value is -0.613. The lowest BCUT2D eigenvalue weighted by Crippen LogP contribution is -2.46. The smallest absolute Gasteiger partial charge is 0.250 e. The van der Waals surface area contributed by atoms with Crippen molar-refractivity contribution in [1.29, 1.82) is 0 Å². The molecule has 1 aliphatic rings. The summed E-state index contributed by atoms with van der Waals surface area (Å²) in [5.74, 6) is 1.08. The number of carbonyl (C=O) groups is 1. The molecule has 0 aromatic heterocycles. The standard InChI is InChI=1S/C16H31NO2Si/c1-15(2,3)20(7,8)19-13-9-10-16(4,12-18)14(11-13)17(5)6/h11-12,14H,9-10H2,1-8H3/t14-,16-/m1/s1. The third kappa shape index (κ3) is 3.53. The highest BCUT2D eigenvalue weighted by Gasteiger charge is 2.42. The third-order valence-corrected chi connectivity index (χ3v) is 9.33. The SMILES string of the molecule is CN(C)[C@@H]1C=C(O[Si](C)(C)C(C)(C)C)CC[C@]1(C)C=O. The summed E-state index contributed by atoms with van der Waals surface area (Å²) < 4.78 is 6.42. The van der Waals surface area contributed by atoms with E-state index in [2.05, 4.69) is 44.8 Å².